The molecule has 2 aliphatic rings. The first kappa shape index (κ1) is 22.6. The lowest BCUT2D eigenvalue weighted by Crippen LogP contribution is -2.39. The smallest absolute Gasteiger partial charge is 0.257 e. The van der Waals surface area contributed by atoms with Crippen LogP contribution in [0.15, 0.2) is 30.5 Å². The predicted molar refractivity (Wildman–Crippen MR) is 125 cm³/mol. The van der Waals surface area contributed by atoms with Crippen molar-refractivity contribution in [2.75, 3.05) is 19.6 Å². The highest BCUT2D eigenvalue weighted by atomic mass is 16.2. The van der Waals surface area contributed by atoms with Crippen LogP contribution in [0.5, 0.6) is 0 Å². The van der Waals surface area contributed by atoms with E-state index >= 15 is 0 Å². The molecule has 2 heterocycles. The Hall–Kier alpha value is -2.63. The summed E-state index contributed by atoms with van der Waals surface area (Å²) in [6, 6.07) is 8.74. The van der Waals surface area contributed by atoms with Crippen LogP contribution >= 0.6 is 0 Å². The van der Waals surface area contributed by atoms with Crippen molar-refractivity contribution in [2.45, 2.75) is 65.3 Å². The van der Waals surface area contributed by atoms with Crippen molar-refractivity contribution < 1.29 is 9.59 Å². The van der Waals surface area contributed by atoms with Crippen molar-refractivity contribution in [3.8, 4) is 0 Å². The van der Waals surface area contributed by atoms with Gasteiger partial charge in [-0.3, -0.25) is 14.3 Å². The summed E-state index contributed by atoms with van der Waals surface area (Å²) in [4.78, 5) is 26.8. The Labute approximate surface area is 191 Å². The van der Waals surface area contributed by atoms with Gasteiger partial charge in [0.15, 0.2) is 0 Å². The lowest BCUT2D eigenvalue weighted by molar-refractivity contribution is -0.121. The van der Waals surface area contributed by atoms with Gasteiger partial charge in [0, 0.05) is 38.3 Å². The van der Waals surface area contributed by atoms with E-state index in [2.05, 4.69) is 34.7 Å². The van der Waals surface area contributed by atoms with Crippen LogP contribution in [0.2, 0.25) is 0 Å². The maximum atomic E-state index is 12.9. The summed E-state index contributed by atoms with van der Waals surface area (Å²) in [6.07, 6.45) is 8.73. The number of nitrogens with one attached hydrogen (secondary N) is 1. The van der Waals surface area contributed by atoms with Crippen molar-refractivity contribution in [3.63, 3.8) is 0 Å². The van der Waals surface area contributed by atoms with E-state index in [4.69, 9.17) is 0 Å². The van der Waals surface area contributed by atoms with Crippen LogP contribution in [-0.2, 0) is 24.2 Å². The minimum atomic E-state index is 0.117. The van der Waals surface area contributed by atoms with Crippen molar-refractivity contribution >= 4 is 11.8 Å². The molecule has 0 radical (unpaired) electrons. The number of rotatable bonds is 9. The molecule has 6 nitrogen and oxygen atoms in total. The lowest BCUT2D eigenvalue weighted by atomic mass is 9.89. The van der Waals surface area contributed by atoms with Crippen LogP contribution in [0.25, 0.3) is 0 Å². The number of piperidine rings is 1. The molecule has 0 bridgehead atoms. The molecule has 172 valence electrons. The molecule has 1 aliphatic heterocycles. The summed E-state index contributed by atoms with van der Waals surface area (Å²) in [5, 5.41) is 7.35. The number of hydrogen-bond donors (Lipinski definition) is 1. The average Bonchev–Trinajstić information content (AvgIpc) is 3.57. The molecule has 1 aliphatic carbocycles. The van der Waals surface area contributed by atoms with Crippen molar-refractivity contribution in [2.24, 2.45) is 11.8 Å². The molecule has 32 heavy (non-hydrogen) atoms. The van der Waals surface area contributed by atoms with Gasteiger partial charge in [-0.1, -0.05) is 24.3 Å². The summed E-state index contributed by atoms with van der Waals surface area (Å²) in [7, 11) is 0. The fraction of sp³-hybridized carbons (Fsp3) is 0.577. The number of amides is 2. The number of carbonyl (C=O) groups excluding carboxylic acids is 2. The SMILES string of the molecule is CCn1ncc(C(=O)N2CCC(Cc3ccc(CCC(=O)NCC4CC4)cc3)CC2)c1C. The van der Waals surface area contributed by atoms with Gasteiger partial charge in [0.1, 0.15) is 0 Å². The van der Waals surface area contributed by atoms with Crippen LogP contribution in [0.1, 0.15) is 66.2 Å². The summed E-state index contributed by atoms with van der Waals surface area (Å²) < 4.78 is 1.88. The second-order valence-corrected chi connectivity index (χ2v) is 9.46. The highest BCUT2D eigenvalue weighted by Crippen LogP contribution is 2.27. The Balaban J connectivity index is 1.20. The molecule has 1 aromatic heterocycles. The third-order valence-electron chi connectivity index (χ3n) is 7.01. The van der Waals surface area contributed by atoms with E-state index < -0.39 is 0 Å². The van der Waals surface area contributed by atoms with E-state index in [9.17, 15) is 9.59 Å². The molecule has 0 spiro atoms. The van der Waals surface area contributed by atoms with Gasteiger partial charge < -0.3 is 10.2 Å². The molecule has 1 aromatic carbocycles. The molecule has 0 unspecified atom stereocenters. The Morgan fingerprint density at radius 3 is 2.34 bits per heavy atom. The normalized spacial score (nSPS) is 16.9. The zero-order valence-corrected chi connectivity index (χ0v) is 19.5. The molecular weight excluding hydrogens is 400 g/mol. The summed E-state index contributed by atoms with van der Waals surface area (Å²) in [6.45, 7) is 7.28. The zero-order chi connectivity index (χ0) is 22.5. The van der Waals surface area contributed by atoms with Gasteiger partial charge in [0.2, 0.25) is 5.91 Å². The lowest BCUT2D eigenvalue weighted by Gasteiger charge is -2.32. The molecule has 1 saturated carbocycles. The van der Waals surface area contributed by atoms with E-state index in [0.29, 0.717) is 12.3 Å². The van der Waals surface area contributed by atoms with E-state index in [-0.39, 0.29) is 11.8 Å². The third-order valence-corrected chi connectivity index (χ3v) is 7.01. The fourth-order valence-corrected chi connectivity index (χ4v) is 4.59. The van der Waals surface area contributed by atoms with Gasteiger partial charge in [0.25, 0.3) is 5.91 Å². The van der Waals surface area contributed by atoms with Gasteiger partial charge in [-0.2, -0.15) is 5.10 Å². The van der Waals surface area contributed by atoms with Crippen molar-refractivity contribution in [1.29, 1.82) is 0 Å². The Kier molecular flexibility index (Phi) is 7.28. The molecule has 1 N–H and O–H groups in total. The van der Waals surface area contributed by atoms with Crippen LogP contribution in [0.3, 0.4) is 0 Å². The minimum Gasteiger partial charge on any atom is -0.356 e. The van der Waals surface area contributed by atoms with E-state index in [1.54, 1.807) is 6.20 Å². The van der Waals surface area contributed by atoms with Gasteiger partial charge in [-0.05, 0) is 75.3 Å². The van der Waals surface area contributed by atoms with E-state index in [0.717, 1.165) is 69.0 Å². The summed E-state index contributed by atoms with van der Waals surface area (Å²) in [5.74, 6) is 1.62. The second-order valence-electron chi connectivity index (χ2n) is 9.46. The van der Waals surface area contributed by atoms with Gasteiger partial charge in [0.05, 0.1) is 11.8 Å². The first-order valence-electron chi connectivity index (χ1n) is 12.2. The van der Waals surface area contributed by atoms with Crippen molar-refractivity contribution in [3.05, 3.63) is 52.8 Å². The first-order valence-corrected chi connectivity index (χ1v) is 12.2. The molecule has 0 atom stereocenters. The average molecular weight is 437 g/mol. The highest BCUT2D eigenvalue weighted by molar-refractivity contribution is 5.95. The largest absolute Gasteiger partial charge is 0.356 e. The maximum absolute atomic E-state index is 12.9. The van der Waals surface area contributed by atoms with Crippen LogP contribution in [0, 0.1) is 18.8 Å². The second kappa shape index (κ2) is 10.3. The fourth-order valence-electron chi connectivity index (χ4n) is 4.59. The Bertz CT molecular complexity index is 922. The topological polar surface area (TPSA) is 67.2 Å². The van der Waals surface area contributed by atoms with E-state index in [1.807, 2.05) is 23.4 Å². The quantitative estimate of drug-likeness (QED) is 0.651. The number of carbonyl (C=O) groups is 2. The summed E-state index contributed by atoms with van der Waals surface area (Å²) in [5.41, 5.74) is 4.26. The number of nitrogens with zero attached hydrogens (tertiary/aromatic N) is 3. The number of benzene rings is 1. The van der Waals surface area contributed by atoms with Gasteiger partial charge >= 0.3 is 0 Å². The molecule has 6 heteroatoms. The number of hydrogen-bond acceptors (Lipinski definition) is 3. The molecule has 4 rings (SSSR count). The van der Waals surface area contributed by atoms with Crippen LogP contribution in [-0.4, -0.2) is 46.1 Å². The predicted octanol–water partition coefficient (Wildman–Crippen LogP) is 3.77. The van der Waals surface area contributed by atoms with Crippen LogP contribution in [0.4, 0.5) is 0 Å². The number of aryl methyl sites for hydroxylation is 2. The number of aromatic nitrogens is 2. The monoisotopic (exact) mass is 436 g/mol. The molecule has 2 fully saturated rings. The molecule has 2 amide bonds. The maximum Gasteiger partial charge on any atom is 0.257 e. The standard InChI is InChI=1S/C26H36N4O2/c1-3-30-19(2)24(18-28-30)26(32)29-14-12-22(13-15-29)16-21-6-4-20(5-7-21)10-11-25(31)27-17-23-8-9-23/h4-7,18,22-23H,3,8-17H2,1-2H3,(H,27,31). The zero-order valence-electron chi connectivity index (χ0n) is 19.5. The van der Waals surface area contributed by atoms with Gasteiger partial charge in [-0.25, -0.2) is 0 Å². The van der Waals surface area contributed by atoms with Crippen LogP contribution < -0.4 is 5.32 Å². The van der Waals surface area contributed by atoms with Crippen molar-refractivity contribution in [1.82, 2.24) is 20.0 Å². The Morgan fingerprint density at radius 2 is 1.72 bits per heavy atom. The molecular formula is C26H36N4O2. The summed E-state index contributed by atoms with van der Waals surface area (Å²) >= 11 is 0. The molecule has 1 saturated heterocycles. The molecule has 2 aromatic rings. The van der Waals surface area contributed by atoms with E-state index in [1.165, 1.54) is 24.0 Å². The first-order chi connectivity index (χ1) is 15.5. The minimum absolute atomic E-state index is 0.117. The van der Waals surface area contributed by atoms with Gasteiger partial charge in [-0.15, -0.1) is 0 Å². The highest BCUT2D eigenvalue weighted by Gasteiger charge is 2.26. The Morgan fingerprint density at radius 1 is 1.03 bits per heavy atom. The number of likely N-dealkylation sites (tertiary alicyclic amines) is 1. The third kappa shape index (κ3) is 5.78.